The van der Waals surface area contributed by atoms with Crippen molar-refractivity contribution in [2.45, 2.75) is 58.7 Å². The zero-order chi connectivity index (χ0) is 33.9. The molecule has 0 spiro atoms. The second-order valence-corrected chi connectivity index (χ2v) is 14.0. The fraction of sp³-hybridized carbons (Fsp3) is 1.00. The molecule has 246 valence electrons. The molecule has 0 N–H and O–H groups in total. The second kappa shape index (κ2) is 8.29. The van der Waals surface area contributed by atoms with Crippen molar-refractivity contribution in [1.29, 1.82) is 0 Å². The molecule has 0 heterocycles. The van der Waals surface area contributed by atoms with E-state index in [1.165, 1.54) is 0 Å². The van der Waals surface area contributed by atoms with Crippen LogP contribution in [0.4, 0.5) is 122 Å². The van der Waals surface area contributed by atoms with Gasteiger partial charge in [0, 0.05) is 0 Å². The molecule has 40 heavy (non-hydrogen) atoms. The first kappa shape index (κ1) is 38.9. The predicted octanol–water partition coefficient (Wildman–Crippen LogP) is 11.4. The molecule has 0 saturated carbocycles. The molecule has 0 aromatic heterocycles. The number of halogens is 28. The van der Waals surface area contributed by atoms with Crippen molar-refractivity contribution in [2.75, 3.05) is 0 Å². The van der Waals surface area contributed by atoms with Crippen LogP contribution in [0.3, 0.4) is 0 Å². The Morgan fingerprint density at radius 1 is 0.200 bits per heavy atom. The molecule has 0 saturated heterocycles. The molecule has 0 aliphatic heterocycles. The fourth-order valence-corrected chi connectivity index (χ4v) is 8.32. The molecule has 0 nitrogen and oxygen atoms in total. The maximum atomic E-state index is 14.3. The number of rotatable bonds is 7. The monoisotopic (exact) mass is 714 g/mol. The van der Waals surface area contributed by atoms with E-state index in [9.17, 15) is 122 Å². The third-order valence-corrected chi connectivity index (χ3v) is 12.4. The van der Waals surface area contributed by atoms with Crippen LogP contribution in [0.2, 0.25) is 0 Å². The molecule has 0 aromatic carbocycles. The van der Waals surface area contributed by atoms with E-state index in [0.717, 1.165) is 0 Å². The maximum absolute atomic E-state index is 14.7. The molecule has 0 unspecified atom stereocenters. The van der Waals surface area contributed by atoms with Crippen LogP contribution in [-0.4, -0.2) is 58.7 Å². The third kappa shape index (κ3) is 3.54. The summed E-state index contributed by atoms with van der Waals surface area (Å²) in [5, 5.41) is 0. The average molecular weight is 714 g/mol. The number of alkyl halides is 24. The van der Waals surface area contributed by atoms with E-state index in [0.29, 0.717) is 0 Å². The Hall–Kier alpha value is -1.10. The molecule has 0 rings (SSSR count). The van der Waals surface area contributed by atoms with E-state index in [4.69, 9.17) is 0 Å². The van der Waals surface area contributed by atoms with Gasteiger partial charge in [-0.2, -0.15) is 0 Å². The predicted molar refractivity (Wildman–Crippen MR) is 72.2 cm³/mol. The van der Waals surface area contributed by atoms with Gasteiger partial charge in [-0.3, -0.25) is 0 Å². The summed E-state index contributed by atoms with van der Waals surface area (Å²) in [5.74, 6) is 0. The van der Waals surface area contributed by atoms with Crippen molar-refractivity contribution in [1.82, 2.24) is 0 Å². The summed E-state index contributed by atoms with van der Waals surface area (Å²) in [4.78, 5) is 0. The van der Waals surface area contributed by atoms with Crippen LogP contribution in [0.15, 0.2) is 0 Å². The van der Waals surface area contributed by atoms with E-state index in [-0.39, 0.29) is 0 Å². The van der Waals surface area contributed by atoms with Gasteiger partial charge in [-0.25, -0.2) is 0 Å². The molecule has 0 aliphatic carbocycles. The summed E-state index contributed by atoms with van der Waals surface area (Å²) < 4.78 is 368. The summed E-state index contributed by atoms with van der Waals surface area (Å²) in [7, 11) is -29.3. The van der Waals surface area contributed by atoms with Crippen molar-refractivity contribution in [3.63, 3.8) is 0 Å². The Morgan fingerprint density at radius 2 is 0.300 bits per heavy atom. The van der Waals surface area contributed by atoms with E-state index < -0.39 is 73.1 Å². The molecule has 0 bridgehead atoms. The summed E-state index contributed by atoms with van der Waals surface area (Å²) in [6.07, 6.45) is -37.1. The topological polar surface area (TPSA) is 0 Å². The normalized spacial score (nSPS) is 19.1. The zero-order valence-electron chi connectivity index (χ0n) is 16.5. The summed E-state index contributed by atoms with van der Waals surface area (Å²) in [5.41, 5.74) is -63.7. The van der Waals surface area contributed by atoms with Gasteiger partial charge < -0.3 is 0 Å². The van der Waals surface area contributed by atoms with Gasteiger partial charge >= 0.3 is 195 Å². The first-order valence-electron chi connectivity index (χ1n) is 7.80. The van der Waals surface area contributed by atoms with Crippen LogP contribution in [0.5, 0.6) is 0 Å². The van der Waals surface area contributed by atoms with Crippen molar-refractivity contribution in [3.05, 3.63) is 0 Å². The van der Waals surface area contributed by atoms with Crippen LogP contribution in [0.1, 0.15) is 0 Å². The Balaban J connectivity index is 9.04. The first-order valence-corrected chi connectivity index (χ1v) is 11.8. The van der Waals surface area contributed by atoms with Crippen molar-refractivity contribution in [2.24, 2.45) is 0 Å². The van der Waals surface area contributed by atoms with Gasteiger partial charge in [0.05, 0.1) is 0 Å². The molecule has 0 fully saturated rings. The van der Waals surface area contributed by atoms with Crippen molar-refractivity contribution >= 4 is 14.4 Å². The Labute approximate surface area is 196 Å². The zero-order valence-corrected chi connectivity index (χ0v) is 18.3. The molecular weight excluding hydrogens is 714 g/mol. The Bertz CT molecular complexity index is 841. The third-order valence-electron chi connectivity index (χ3n) is 4.68. The molecule has 0 radical (unpaired) electrons. The quantitative estimate of drug-likeness (QED) is 0.182. The molecule has 0 aliphatic rings. The van der Waals surface area contributed by atoms with Crippen molar-refractivity contribution < 1.29 is 122 Å². The van der Waals surface area contributed by atoms with Crippen LogP contribution in [-0.2, 0) is 0 Å². The summed E-state index contributed by atoms with van der Waals surface area (Å²) in [6, 6.07) is 0. The Morgan fingerprint density at radius 3 is 0.375 bits per heavy atom. The average Bonchev–Trinajstić information content (AvgIpc) is 2.63. The van der Waals surface area contributed by atoms with Gasteiger partial charge in [0.1, 0.15) is 0 Å². The summed E-state index contributed by atoms with van der Waals surface area (Å²) in [6.45, 7) is 0. The second-order valence-electron chi connectivity index (χ2n) is 7.05. The minimum atomic E-state index is -14.7. The van der Waals surface area contributed by atoms with Crippen LogP contribution >= 0.6 is 14.4 Å². The molecule has 0 amide bonds. The van der Waals surface area contributed by atoms with E-state index in [1.807, 2.05) is 0 Å². The Kier molecular flexibility index (Phi) is 8.06. The van der Waals surface area contributed by atoms with Gasteiger partial charge in [0.25, 0.3) is 0 Å². The number of hydrogen-bond acceptors (Lipinski definition) is 0. The van der Waals surface area contributed by atoms with Crippen LogP contribution < -0.4 is 0 Å². The molecule has 0 aromatic rings. The first-order chi connectivity index (χ1) is 16.4. The number of hydrogen-bond donors (Lipinski definition) is 0. The van der Waals surface area contributed by atoms with Gasteiger partial charge in [-0.15, -0.1) is 0 Å². The van der Waals surface area contributed by atoms with Crippen molar-refractivity contribution in [3.8, 4) is 0 Å². The van der Waals surface area contributed by atoms with Crippen LogP contribution in [0, 0.1) is 0 Å². The van der Waals surface area contributed by atoms with Crippen LogP contribution in [0.25, 0.3) is 0 Å². The molecule has 0 atom stereocenters. The SMILES string of the molecule is FC(F)(F)C(F)(F)P(F)(F)(C(F)(F)C(F)(F)F)C(F)(F)C(F)(F)P(F)(F)(C(F)(F)C(F)(F)F)C(F)(F)C(F)(F)F. The van der Waals surface area contributed by atoms with Gasteiger partial charge in [0.15, 0.2) is 0 Å². The fourth-order valence-electron chi connectivity index (χ4n) is 2.42. The van der Waals surface area contributed by atoms with Gasteiger partial charge in [0.2, 0.25) is 0 Å². The molecular formula is C10F28P2. The summed E-state index contributed by atoms with van der Waals surface area (Å²) >= 11 is 0. The van der Waals surface area contributed by atoms with E-state index in [2.05, 4.69) is 0 Å². The molecule has 30 heteroatoms. The van der Waals surface area contributed by atoms with Gasteiger partial charge in [-0.05, 0) is 0 Å². The van der Waals surface area contributed by atoms with E-state index in [1.54, 1.807) is 0 Å². The van der Waals surface area contributed by atoms with Gasteiger partial charge in [-0.1, -0.05) is 0 Å². The van der Waals surface area contributed by atoms with E-state index >= 15 is 0 Å². The standard InChI is InChI=1S/C10F28P2/c11-1(12,13)5(23,24)39(35,36,6(25,26)2(14,15)16)9(31,32)10(33,34)40(37,38,7(27,28)3(17,18)19)8(29,30)4(20,21)22. The minimum absolute atomic E-state index is 9.29.